The summed E-state index contributed by atoms with van der Waals surface area (Å²) >= 11 is 0. The number of aliphatic hydroxyl groups excluding tert-OH is 1. The Labute approximate surface area is 124 Å². The predicted molar refractivity (Wildman–Crippen MR) is 78.1 cm³/mol. The standard InChI is InChI=1S/C14H20N2O4S/c1-3-13(17)11-5-4-6-12(9-11)21(19,20)16-8-7-15-14(18)10(16)2/h4-6,9-10,13,17H,3,7-8H2,1-2H3,(H,15,18). The van der Waals surface area contributed by atoms with E-state index in [9.17, 15) is 18.3 Å². The number of rotatable bonds is 4. The van der Waals surface area contributed by atoms with E-state index in [2.05, 4.69) is 5.32 Å². The van der Waals surface area contributed by atoms with Gasteiger partial charge in [-0.1, -0.05) is 19.1 Å². The number of sulfonamides is 1. The quantitative estimate of drug-likeness (QED) is 0.854. The highest BCUT2D eigenvalue weighted by atomic mass is 32.2. The van der Waals surface area contributed by atoms with Crippen molar-refractivity contribution in [1.29, 1.82) is 0 Å². The second-order valence-corrected chi connectivity index (χ2v) is 6.97. The van der Waals surface area contributed by atoms with Crippen molar-refractivity contribution >= 4 is 15.9 Å². The highest BCUT2D eigenvalue weighted by molar-refractivity contribution is 7.89. The molecule has 1 fully saturated rings. The number of hydrogen-bond acceptors (Lipinski definition) is 4. The molecule has 116 valence electrons. The Balaban J connectivity index is 2.37. The summed E-state index contributed by atoms with van der Waals surface area (Å²) in [5.41, 5.74) is 0.563. The molecule has 7 heteroatoms. The summed E-state index contributed by atoms with van der Waals surface area (Å²) in [6.07, 6.45) is -0.186. The van der Waals surface area contributed by atoms with Gasteiger partial charge in [-0.3, -0.25) is 4.79 Å². The van der Waals surface area contributed by atoms with Gasteiger partial charge in [0, 0.05) is 13.1 Å². The molecule has 21 heavy (non-hydrogen) atoms. The number of nitrogens with zero attached hydrogens (tertiary/aromatic N) is 1. The molecule has 2 rings (SSSR count). The van der Waals surface area contributed by atoms with Crippen LogP contribution in [0, 0.1) is 0 Å². The minimum Gasteiger partial charge on any atom is -0.388 e. The number of amides is 1. The Morgan fingerprint density at radius 2 is 2.19 bits per heavy atom. The van der Waals surface area contributed by atoms with E-state index in [1.165, 1.54) is 16.4 Å². The van der Waals surface area contributed by atoms with E-state index < -0.39 is 22.2 Å². The zero-order valence-electron chi connectivity index (χ0n) is 12.1. The van der Waals surface area contributed by atoms with Gasteiger partial charge in [0.1, 0.15) is 6.04 Å². The van der Waals surface area contributed by atoms with E-state index in [0.29, 0.717) is 18.5 Å². The van der Waals surface area contributed by atoms with Crippen LogP contribution in [-0.4, -0.2) is 42.9 Å². The van der Waals surface area contributed by atoms with Gasteiger partial charge < -0.3 is 10.4 Å². The summed E-state index contributed by atoms with van der Waals surface area (Å²) in [4.78, 5) is 11.8. The molecule has 1 saturated heterocycles. The molecule has 0 aliphatic carbocycles. The first-order valence-electron chi connectivity index (χ1n) is 6.95. The van der Waals surface area contributed by atoms with Gasteiger partial charge in [0.2, 0.25) is 15.9 Å². The van der Waals surface area contributed by atoms with Crippen LogP contribution in [0.4, 0.5) is 0 Å². The Bertz CT molecular complexity index is 630. The molecule has 2 N–H and O–H groups in total. The minimum atomic E-state index is -3.75. The molecule has 0 saturated carbocycles. The van der Waals surface area contributed by atoms with Crippen LogP contribution in [0.15, 0.2) is 29.2 Å². The Hall–Kier alpha value is -1.44. The van der Waals surface area contributed by atoms with E-state index in [0.717, 1.165) is 0 Å². The fraction of sp³-hybridized carbons (Fsp3) is 0.500. The van der Waals surface area contributed by atoms with Crippen molar-refractivity contribution in [3.63, 3.8) is 0 Å². The summed E-state index contributed by atoms with van der Waals surface area (Å²) in [6, 6.07) is 5.53. The van der Waals surface area contributed by atoms with Crippen molar-refractivity contribution in [3.05, 3.63) is 29.8 Å². The first kappa shape index (κ1) is 15.9. The zero-order valence-corrected chi connectivity index (χ0v) is 12.9. The molecule has 1 aromatic rings. The second kappa shape index (κ2) is 6.13. The fourth-order valence-electron chi connectivity index (χ4n) is 2.34. The van der Waals surface area contributed by atoms with Crippen LogP contribution < -0.4 is 5.32 Å². The van der Waals surface area contributed by atoms with Gasteiger partial charge in [0.25, 0.3) is 0 Å². The Morgan fingerprint density at radius 3 is 2.86 bits per heavy atom. The topological polar surface area (TPSA) is 86.7 Å². The lowest BCUT2D eigenvalue weighted by Crippen LogP contribution is -2.55. The highest BCUT2D eigenvalue weighted by Crippen LogP contribution is 2.24. The third kappa shape index (κ3) is 3.09. The van der Waals surface area contributed by atoms with Crippen LogP contribution >= 0.6 is 0 Å². The maximum Gasteiger partial charge on any atom is 0.243 e. The van der Waals surface area contributed by atoms with Crippen LogP contribution in [0.2, 0.25) is 0 Å². The minimum absolute atomic E-state index is 0.106. The lowest BCUT2D eigenvalue weighted by molar-refractivity contribution is -0.126. The van der Waals surface area contributed by atoms with Crippen LogP contribution in [-0.2, 0) is 14.8 Å². The number of hydrogen-bond donors (Lipinski definition) is 2. The molecule has 1 amide bonds. The van der Waals surface area contributed by atoms with Crippen molar-refractivity contribution in [1.82, 2.24) is 9.62 Å². The lowest BCUT2D eigenvalue weighted by Gasteiger charge is -2.31. The summed E-state index contributed by atoms with van der Waals surface area (Å²) in [7, 11) is -3.75. The van der Waals surface area contributed by atoms with Gasteiger partial charge in [-0.15, -0.1) is 0 Å². The molecular formula is C14H20N2O4S. The third-order valence-corrected chi connectivity index (χ3v) is 5.64. The van der Waals surface area contributed by atoms with Gasteiger partial charge in [-0.25, -0.2) is 8.42 Å². The first-order valence-corrected chi connectivity index (χ1v) is 8.39. The van der Waals surface area contributed by atoms with E-state index in [1.807, 2.05) is 6.92 Å². The number of carbonyl (C=O) groups is 1. The van der Waals surface area contributed by atoms with E-state index in [1.54, 1.807) is 19.1 Å². The Morgan fingerprint density at radius 1 is 1.48 bits per heavy atom. The molecule has 2 atom stereocenters. The predicted octanol–water partition coefficient (Wildman–Crippen LogP) is 0.639. The van der Waals surface area contributed by atoms with Crippen LogP contribution in [0.3, 0.4) is 0 Å². The summed E-state index contributed by atoms with van der Waals surface area (Å²) < 4.78 is 26.5. The highest BCUT2D eigenvalue weighted by Gasteiger charge is 2.35. The number of carbonyl (C=O) groups excluding carboxylic acids is 1. The molecule has 0 bridgehead atoms. The number of benzene rings is 1. The fourth-order valence-corrected chi connectivity index (χ4v) is 3.99. The van der Waals surface area contributed by atoms with Crippen molar-refractivity contribution in [2.75, 3.05) is 13.1 Å². The average molecular weight is 312 g/mol. The Kier molecular flexibility index (Phi) is 4.65. The van der Waals surface area contributed by atoms with Gasteiger partial charge in [0.05, 0.1) is 11.0 Å². The van der Waals surface area contributed by atoms with Gasteiger partial charge in [0.15, 0.2) is 0 Å². The van der Waals surface area contributed by atoms with Crippen LogP contribution in [0.25, 0.3) is 0 Å². The van der Waals surface area contributed by atoms with E-state index in [-0.39, 0.29) is 17.3 Å². The molecule has 1 aromatic carbocycles. The van der Waals surface area contributed by atoms with Crippen molar-refractivity contribution in [2.45, 2.75) is 37.3 Å². The average Bonchev–Trinajstić information content (AvgIpc) is 2.49. The van der Waals surface area contributed by atoms with Crippen molar-refractivity contribution < 1.29 is 18.3 Å². The van der Waals surface area contributed by atoms with E-state index in [4.69, 9.17) is 0 Å². The zero-order chi connectivity index (χ0) is 15.6. The maximum absolute atomic E-state index is 12.7. The molecule has 0 radical (unpaired) electrons. The van der Waals surface area contributed by atoms with Gasteiger partial charge >= 0.3 is 0 Å². The molecule has 1 aliphatic heterocycles. The smallest absolute Gasteiger partial charge is 0.243 e. The third-order valence-electron chi connectivity index (χ3n) is 3.68. The second-order valence-electron chi connectivity index (χ2n) is 5.08. The number of aliphatic hydroxyl groups is 1. The van der Waals surface area contributed by atoms with Crippen molar-refractivity contribution in [3.8, 4) is 0 Å². The van der Waals surface area contributed by atoms with Crippen molar-refractivity contribution in [2.24, 2.45) is 0 Å². The largest absolute Gasteiger partial charge is 0.388 e. The molecule has 2 unspecified atom stereocenters. The molecule has 0 aromatic heterocycles. The van der Waals surface area contributed by atoms with Crippen LogP contribution in [0.1, 0.15) is 31.9 Å². The molecule has 1 aliphatic rings. The summed E-state index contributed by atoms with van der Waals surface area (Å²) in [5, 5.41) is 12.5. The maximum atomic E-state index is 12.7. The lowest BCUT2D eigenvalue weighted by atomic mass is 10.1. The summed E-state index contributed by atoms with van der Waals surface area (Å²) in [5.74, 6) is -0.297. The van der Waals surface area contributed by atoms with E-state index >= 15 is 0 Å². The van der Waals surface area contributed by atoms with Crippen LogP contribution in [0.5, 0.6) is 0 Å². The number of piperazine rings is 1. The first-order chi connectivity index (χ1) is 9.87. The normalized spacial score (nSPS) is 21.9. The van der Waals surface area contributed by atoms with Gasteiger partial charge in [-0.2, -0.15) is 4.31 Å². The molecule has 6 nitrogen and oxygen atoms in total. The molecule has 0 spiro atoms. The molecular weight excluding hydrogens is 292 g/mol. The SMILES string of the molecule is CCC(O)c1cccc(S(=O)(=O)N2CCNC(=O)C2C)c1. The summed E-state index contributed by atoms with van der Waals surface area (Å²) in [6.45, 7) is 3.94. The van der Waals surface area contributed by atoms with Gasteiger partial charge in [-0.05, 0) is 31.0 Å². The monoisotopic (exact) mass is 312 g/mol. The molecule has 1 heterocycles. The number of nitrogens with one attached hydrogen (secondary N) is 1.